The third-order valence-electron chi connectivity index (χ3n) is 3.99. The zero-order chi connectivity index (χ0) is 18.3. The molecule has 0 radical (unpaired) electrons. The van der Waals surface area contributed by atoms with Gasteiger partial charge in [0.1, 0.15) is 0 Å². The number of amides is 1. The van der Waals surface area contributed by atoms with Crippen LogP contribution in [0.1, 0.15) is 17.7 Å². The second-order valence-electron chi connectivity index (χ2n) is 5.74. The smallest absolute Gasteiger partial charge is 0.240 e. The van der Waals surface area contributed by atoms with Crippen molar-refractivity contribution in [2.45, 2.75) is 24.2 Å². The van der Waals surface area contributed by atoms with Gasteiger partial charge in [-0.05, 0) is 43.3 Å². The third kappa shape index (κ3) is 5.65. The SMILES string of the molecule is CNS(=O)(=O)c1ccc(CCC(=O)N(C)CCc2ccccn2)cc1. The molecule has 0 fully saturated rings. The van der Waals surface area contributed by atoms with E-state index >= 15 is 0 Å². The second kappa shape index (κ2) is 8.73. The number of hydrogen-bond donors (Lipinski definition) is 1. The summed E-state index contributed by atoms with van der Waals surface area (Å²) in [6.45, 7) is 0.620. The number of nitrogens with one attached hydrogen (secondary N) is 1. The molecule has 0 aliphatic heterocycles. The molecular weight excluding hydrogens is 338 g/mol. The van der Waals surface area contributed by atoms with E-state index in [0.29, 0.717) is 19.4 Å². The molecule has 1 N–H and O–H groups in total. The number of pyridine rings is 1. The maximum absolute atomic E-state index is 12.2. The van der Waals surface area contributed by atoms with Gasteiger partial charge in [-0.2, -0.15) is 0 Å². The first-order valence-corrected chi connectivity index (χ1v) is 9.57. The summed E-state index contributed by atoms with van der Waals surface area (Å²) in [5.74, 6) is 0.0582. The number of rotatable bonds is 8. The van der Waals surface area contributed by atoms with E-state index in [4.69, 9.17) is 0 Å². The highest BCUT2D eigenvalue weighted by Crippen LogP contribution is 2.12. The number of benzene rings is 1. The van der Waals surface area contributed by atoms with Gasteiger partial charge >= 0.3 is 0 Å². The summed E-state index contributed by atoms with van der Waals surface area (Å²) in [7, 11) is -0.261. The van der Waals surface area contributed by atoms with Crippen LogP contribution < -0.4 is 4.72 Å². The van der Waals surface area contributed by atoms with Crippen molar-refractivity contribution in [3.05, 3.63) is 59.9 Å². The fraction of sp³-hybridized carbons (Fsp3) is 0.333. The molecule has 134 valence electrons. The zero-order valence-electron chi connectivity index (χ0n) is 14.5. The van der Waals surface area contributed by atoms with Gasteiger partial charge < -0.3 is 4.90 Å². The van der Waals surface area contributed by atoms with Gasteiger partial charge in [0.15, 0.2) is 0 Å². The molecule has 0 bridgehead atoms. The van der Waals surface area contributed by atoms with Crippen LogP contribution in [0.3, 0.4) is 0 Å². The fourth-order valence-corrected chi connectivity index (χ4v) is 3.08. The highest BCUT2D eigenvalue weighted by molar-refractivity contribution is 7.89. The summed E-state index contributed by atoms with van der Waals surface area (Å²) in [5.41, 5.74) is 1.89. The quantitative estimate of drug-likeness (QED) is 0.775. The Labute approximate surface area is 148 Å². The van der Waals surface area contributed by atoms with Crippen LogP contribution in [0, 0.1) is 0 Å². The molecule has 0 unspecified atom stereocenters. The van der Waals surface area contributed by atoms with E-state index < -0.39 is 10.0 Å². The average molecular weight is 361 g/mol. The molecule has 1 aromatic carbocycles. The van der Waals surface area contributed by atoms with Crippen molar-refractivity contribution in [1.82, 2.24) is 14.6 Å². The van der Waals surface area contributed by atoms with Crippen LogP contribution in [0.2, 0.25) is 0 Å². The fourth-order valence-electron chi connectivity index (χ4n) is 2.35. The lowest BCUT2D eigenvalue weighted by molar-refractivity contribution is -0.129. The minimum absolute atomic E-state index is 0.0582. The molecule has 1 heterocycles. The van der Waals surface area contributed by atoms with E-state index in [1.165, 1.54) is 7.05 Å². The van der Waals surface area contributed by atoms with E-state index in [0.717, 1.165) is 17.7 Å². The number of nitrogens with zero attached hydrogens (tertiary/aromatic N) is 2. The number of carbonyl (C=O) groups is 1. The molecule has 6 nitrogen and oxygen atoms in total. The molecule has 0 saturated carbocycles. The van der Waals surface area contributed by atoms with Gasteiger partial charge in [-0.3, -0.25) is 9.78 Å². The lowest BCUT2D eigenvalue weighted by Crippen LogP contribution is -2.29. The van der Waals surface area contributed by atoms with Crippen molar-refractivity contribution in [1.29, 1.82) is 0 Å². The Balaban J connectivity index is 1.83. The van der Waals surface area contributed by atoms with Crippen LogP contribution in [0.25, 0.3) is 0 Å². The highest BCUT2D eigenvalue weighted by atomic mass is 32.2. The Kier molecular flexibility index (Phi) is 6.66. The van der Waals surface area contributed by atoms with Crippen molar-refractivity contribution in [2.75, 3.05) is 20.6 Å². The van der Waals surface area contributed by atoms with Crippen LogP contribution in [0.5, 0.6) is 0 Å². The summed E-state index contributed by atoms with van der Waals surface area (Å²) in [6.07, 6.45) is 3.43. The Morgan fingerprint density at radius 1 is 1.12 bits per heavy atom. The Bertz CT molecular complexity index is 790. The lowest BCUT2D eigenvalue weighted by atomic mass is 10.1. The molecule has 0 aliphatic rings. The molecule has 1 aromatic heterocycles. The Hall–Kier alpha value is -2.25. The molecular formula is C18H23N3O3S. The minimum atomic E-state index is -3.42. The molecule has 2 rings (SSSR count). The predicted molar refractivity (Wildman–Crippen MR) is 96.6 cm³/mol. The minimum Gasteiger partial charge on any atom is -0.345 e. The number of sulfonamides is 1. The van der Waals surface area contributed by atoms with Gasteiger partial charge in [-0.1, -0.05) is 18.2 Å². The van der Waals surface area contributed by atoms with E-state index in [1.54, 1.807) is 42.4 Å². The van der Waals surface area contributed by atoms with Crippen LogP contribution in [0.4, 0.5) is 0 Å². The number of aryl methyl sites for hydroxylation is 1. The standard InChI is InChI=1S/C18H23N3O3S/c1-19-25(23,24)17-9-6-15(7-10-17)8-11-18(22)21(2)14-12-16-5-3-4-13-20-16/h3-7,9-10,13,19H,8,11-12,14H2,1-2H3. The molecule has 0 spiro atoms. The van der Waals surface area contributed by atoms with Crippen LogP contribution in [-0.4, -0.2) is 44.8 Å². The van der Waals surface area contributed by atoms with Crippen molar-refractivity contribution in [2.24, 2.45) is 0 Å². The van der Waals surface area contributed by atoms with Gasteiger partial charge in [0.25, 0.3) is 0 Å². The van der Waals surface area contributed by atoms with Crippen LogP contribution >= 0.6 is 0 Å². The molecule has 0 atom stereocenters. The van der Waals surface area contributed by atoms with Crippen LogP contribution in [0.15, 0.2) is 53.6 Å². The normalized spacial score (nSPS) is 11.3. The molecule has 2 aromatic rings. The van der Waals surface area contributed by atoms with Gasteiger partial charge in [0.2, 0.25) is 15.9 Å². The zero-order valence-corrected chi connectivity index (χ0v) is 15.3. The average Bonchev–Trinajstić information content (AvgIpc) is 2.65. The maximum atomic E-state index is 12.2. The van der Waals surface area contributed by atoms with E-state index in [-0.39, 0.29) is 10.8 Å². The van der Waals surface area contributed by atoms with Gasteiger partial charge in [0.05, 0.1) is 4.90 Å². The van der Waals surface area contributed by atoms with Crippen molar-refractivity contribution >= 4 is 15.9 Å². The number of carbonyl (C=O) groups excluding carboxylic acids is 1. The summed E-state index contributed by atoms with van der Waals surface area (Å²) in [5, 5.41) is 0. The first kappa shape index (κ1) is 19.1. The summed E-state index contributed by atoms with van der Waals surface area (Å²) in [4.78, 5) is 18.4. The Morgan fingerprint density at radius 2 is 1.84 bits per heavy atom. The molecule has 7 heteroatoms. The summed E-state index contributed by atoms with van der Waals surface area (Å²) >= 11 is 0. The van der Waals surface area contributed by atoms with Crippen LogP contribution in [-0.2, 0) is 27.7 Å². The summed E-state index contributed by atoms with van der Waals surface area (Å²) < 4.78 is 25.6. The van der Waals surface area contributed by atoms with Gasteiger partial charge in [0, 0.05) is 38.3 Å². The topological polar surface area (TPSA) is 79.4 Å². The largest absolute Gasteiger partial charge is 0.345 e. The molecule has 0 aliphatic carbocycles. The first-order chi connectivity index (χ1) is 11.9. The van der Waals surface area contributed by atoms with E-state index in [2.05, 4.69) is 9.71 Å². The maximum Gasteiger partial charge on any atom is 0.240 e. The second-order valence-corrected chi connectivity index (χ2v) is 7.62. The van der Waals surface area contributed by atoms with Gasteiger partial charge in [-0.25, -0.2) is 13.1 Å². The van der Waals surface area contributed by atoms with Crippen molar-refractivity contribution in [3.63, 3.8) is 0 Å². The lowest BCUT2D eigenvalue weighted by Gasteiger charge is -2.17. The van der Waals surface area contributed by atoms with E-state index in [9.17, 15) is 13.2 Å². The summed E-state index contributed by atoms with van der Waals surface area (Å²) in [6, 6.07) is 12.3. The first-order valence-electron chi connectivity index (χ1n) is 8.09. The number of hydrogen-bond acceptors (Lipinski definition) is 4. The third-order valence-corrected chi connectivity index (χ3v) is 5.42. The van der Waals surface area contributed by atoms with Crippen molar-refractivity contribution in [3.8, 4) is 0 Å². The van der Waals surface area contributed by atoms with Crippen molar-refractivity contribution < 1.29 is 13.2 Å². The molecule has 25 heavy (non-hydrogen) atoms. The number of aromatic nitrogens is 1. The Morgan fingerprint density at radius 3 is 2.44 bits per heavy atom. The molecule has 1 amide bonds. The van der Waals surface area contributed by atoms with Gasteiger partial charge in [-0.15, -0.1) is 0 Å². The highest BCUT2D eigenvalue weighted by Gasteiger charge is 2.12. The van der Waals surface area contributed by atoms with E-state index in [1.807, 2.05) is 18.2 Å². The predicted octanol–water partition coefficient (Wildman–Crippen LogP) is 1.62. The number of likely N-dealkylation sites (N-methyl/N-ethyl adjacent to an activating group) is 1. The monoisotopic (exact) mass is 361 g/mol. The molecule has 0 saturated heterocycles.